The Morgan fingerprint density at radius 2 is 1.72 bits per heavy atom. The van der Waals surface area contributed by atoms with Crippen LogP contribution in [0.25, 0.3) is 0 Å². The Morgan fingerprint density at radius 3 is 2.48 bits per heavy atom. The van der Waals surface area contributed by atoms with Crippen LogP contribution < -0.4 is 15.1 Å². The average molecular weight is 348 g/mol. The highest BCUT2D eigenvalue weighted by atomic mass is 19.4. The quantitative estimate of drug-likeness (QED) is 0.859. The van der Waals surface area contributed by atoms with Crippen molar-refractivity contribution in [2.75, 3.05) is 10.0 Å². The maximum atomic E-state index is 12.9. The number of alkyl halides is 3. The van der Waals surface area contributed by atoms with Crippen LogP contribution in [-0.2, 0) is 12.6 Å². The first-order chi connectivity index (χ1) is 11.9. The molecule has 1 N–H and O–H groups in total. The summed E-state index contributed by atoms with van der Waals surface area (Å²) in [6.45, 7) is 0. The van der Waals surface area contributed by atoms with Gasteiger partial charge in [0.15, 0.2) is 0 Å². The minimum atomic E-state index is -4.54. The molecule has 2 aromatic rings. The number of rotatable bonds is 1. The van der Waals surface area contributed by atoms with Gasteiger partial charge in [0.1, 0.15) is 0 Å². The predicted octanol–water partition coefficient (Wildman–Crippen LogP) is 3.03. The van der Waals surface area contributed by atoms with E-state index in [1.165, 1.54) is 17.1 Å². The highest BCUT2D eigenvalue weighted by Gasteiger charge is 2.38. The minimum absolute atomic E-state index is 0.0540. The molecule has 2 heterocycles. The number of aryl methyl sites for hydroxylation is 1. The number of hydrazine groups is 2. The van der Waals surface area contributed by atoms with E-state index in [0.29, 0.717) is 29.5 Å². The topological polar surface area (TPSA) is 53.0 Å². The first-order valence-electron chi connectivity index (χ1n) is 7.62. The van der Waals surface area contributed by atoms with E-state index in [-0.39, 0.29) is 5.69 Å². The molecule has 0 radical (unpaired) electrons. The average Bonchev–Trinajstić information content (AvgIpc) is 2.85. The van der Waals surface area contributed by atoms with E-state index in [2.05, 4.69) is 0 Å². The van der Waals surface area contributed by atoms with Gasteiger partial charge in [-0.3, -0.25) is 5.21 Å². The van der Waals surface area contributed by atoms with Crippen molar-refractivity contribution in [3.05, 3.63) is 71.2 Å². The van der Waals surface area contributed by atoms with Gasteiger partial charge < -0.3 is 5.11 Å². The van der Waals surface area contributed by atoms with Crippen LogP contribution in [0.5, 0.6) is 0 Å². The van der Waals surface area contributed by atoms with Gasteiger partial charge in [-0.15, -0.1) is 0 Å². The van der Waals surface area contributed by atoms with Crippen molar-refractivity contribution in [3.63, 3.8) is 0 Å². The summed E-state index contributed by atoms with van der Waals surface area (Å²) in [6, 6.07) is 11.6. The third kappa shape index (κ3) is 2.41. The van der Waals surface area contributed by atoms with E-state index < -0.39 is 17.6 Å². The molecule has 0 amide bonds. The van der Waals surface area contributed by atoms with Crippen molar-refractivity contribution in [2.45, 2.75) is 19.0 Å². The number of nitrogens with zero attached hydrogens (tertiary/aromatic N) is 3. The second-order valence-electron chi connectivity index (χ2n) is 5.82. The fraction of sp³-hybridized carbons (Fsp3) is 0.176. The van der Waals surface area contributed by atoms with Crippen molar-refractivity contribution < 1.29 is 23.5 Å². The number of fused-ring (bicyclic) bond motifs is 3. The van der Waals surface area contributed by atoms with Crippen molar-refractivity contribution in [2.24, 2.45) is 0 Å². The Kier molecular flexibility index (Phi) is 3.41. The molecule has 2 aliphatic rings. The van der Waals surface area contributed by atoms with E-state index in [1.807, 2.05) is 12.1 Å². The fourth-order valence-corrected chi connectivity index (χ4v) is 3.16. The van der Waals surface area contributed by atoms with Gasteiger partial charge >= 0.3 is 6.18 Å². The van der Waals surface area contributed by atoms with E-state index in [0.717, 1.165) is 22.7 Å². The smallest absolute Gasteiger partial charge is 0.416 e. The number of benzene rings is 2. The minimum Gasteiger partial charge on any atom is -0.858 e. The molecule has 0 fully saturated rings. The molecule has 0 aliphatic carbocycles. The molecule has 0 aromatic heterocycles. The van der Waals surface area contributed by atoms with Gasteiger partial charge in [-0.1, -0.05) is 24.3 Å². The van der Waals surface area contributed by atoms with Crippen LogP contribution in [0, 0.1) is 0 Å². The number of anilines is 2. The zero-order valence-electron chi connectivity index (χ0n) is 12.9. The molecule has 0 atom stereocenters. The third-order valence-electron chi connectivity index (χ3n) is 4.32. The van der Waals surface area contributed by atoms with Crippen LogP contribution in [0.3, 0.4) is 0 Å². The molecule has 0 unspecified atom stereocenters. The monoisotopic (exact) mass is 348 g/mol. The second-order valence-corrected chi connectivity index (χ2v) is 5.82. The number of hydrogen-bond acceptors (Lipinski definition) is 5. The predicted molar refractivity (Wildman–Crippen MR) is 81.8 cm³/mol. The van der Waals surface area contributed by atoms with Crippen LogP contribution in [0.15, 0.2) is 60.1 Å². The van der Waals surface area contributed by atoms with Crippen molar-refractivity contribution in [1.82, 2.24) is 5.28 Å². The molecular formula is C17H13F3N3O2-. The van der Waals surface area contributed by atoms with Gasteiger partial charge in [-0.05, 0) is 42.7 Å². The number of hydrogen-bond donors (Lipinski definition) is 1. The lowest BCUT2D eigenvalue weighted by atomic mass is 10.0. The lowest BCUT2D eigenvalue weighted by molar-refractivity contribution is -0.314. The largest absolute Gasteiger partial charge is 0.858 e. The van der Waals surface area contributed by atoms with Gasteiger partial charge in [0.25, 0.3) is 0 Å². The summed E-state index contributed by atoms with van der Waals surface area (Å²) in [4.78, 5) is 0. The Bertz CT molecular complexity index is 866. The van der Waals surface area contributed by atoms with E-state index in [1.54, 1.807) is 12.1 Å². The highest BCUT2D eigenvalue weighted by molar-refractivity contribution is 5.65. The van der Waals surface area contributed by atoms with E-state index in [9.17, 15) is 23.5 Å². The molecule has 2 aliphatic heterocycles. The molecule has 25 heavy (non-hydrogen) atoms. The normalized spacial score (nSPS) is 17.8. The molecule has 130 valence electrons. The van der Waals surface area contributed by atoms with Crippen molar-refractivity contribution in [3.8, 4) is 0 Å². The summed E-state index contributed by atoms with van der Waals surface area (Å²) in [5.74, 6) is -0.545. The summed E-state index contributed by atoms with van der Waals surface area (Å²) < 4.78 is 38.8. The number of allylic oxidation sites excluding steroid dienone is 1. The van der Waals surface area contributed by atoms with Crippen LogP contribution in [0.4, 0.5) is 24.5 Å². The Hall–Kier alpha value is -2.71. The molecular weight excluding hydrogens is 335 g/mol. The molecule has 0 saturated heterocycles. The van der Waals surface area contributed by atoms with Crippen molar-refractivity contribution in [1.29, 1.82) is 0 Å². The summed E-state index contributed by atoms with van der Waals surface area (Å²) in [6.07, 6.45) is -3.52. The molecule has 8 heteroatoms. The van der Waals surface area contributed by atoms with E-state index >= 15 is 0 Å². The van der Waals surface area contributed by atoms with E-state index in [4.69, 9.17) is 0 Å². The number of para-hydroxylation sites is 1. The maximum Gasteiger partial charge on any atom is 0.416 e. The summed E-state index contributed by atoms with van der Waals surface area (Å²) in [5, 5.41) is 25.9. The summed E-state index contributed by atoms with van der Waals surface area (Å²) in [5.41, 5.74) is 0.958. The van der Waals surface area contributed by atoms with Crippen LogP contribution in [0.1, 0.15) is 17.5 Å². The zero-order valence-corrected chi connectivity index (χ0v) is 12.9. The lowest BCUT2D eigenvalue weighted by Crippen LogP contribution is -2.46. The highest BCUT2D eigenvalue weighted by Crippen LogP contribution is 2.41. The first-order valence-corrected chi connectivity index (χ1v) is 7.62. The number of halogens is 3. The molecule has 5 nitrogen and oxygen atoms in total. The van der Waals surface area contributed by atoms with Gasteiger partial charge in [0.05, 0.1) is 22.6 Å². The lowest BCUT2D eigenvalue weighted by Gasteiger charge is -2.35. The molecule has 0 saturated carbocycles. The Morgan fingerprint density at radius 1 is 0.960 bits per heavy atom. The van der Waals surface area contributed by atoms with Gasteiger partial charge in [-0.2, -0.15) is 13.2 Å². The maximum absolute atomic E-state index is 12.9. The standard InChI is InChI=1S/C17H14F3N3O2/c18-17(19,20)12-5-3-6-13(10-12)21-16(24)15-9-8-11-4-1-2-7-14(11)22(15)23(21)25/h1-7,10,24-25H,8-9H2/p-1. The first kappa shape index (κ1) is 15.8. The fourth-order valence-electron chi connectivity index (χ4n) is 3.16. The molecule has 2 aromatic carbocycles. The van der Waals surface area contributed by atoms with Crippen LogP contribution in [0.2, 0.25) is 0 Å². The second kappa shape index (κ2) is 5.40. The van der Waals surface area contributed by atoms with Crippen LogP contribution in [-0.4, -0.2) is 10.5 Å². The van der Waals surface area contributed by atoms with Gasteiger partial charge in [-0.25, -0.2) is 10.0 Å². The summed E-state index contributed by atoms with van der Waals surface area (Å²) >= 11 is 0. The SMILES string of the molecule is [O-]C1=C2CCc3ccccc3N2N(O)N1c1cccc(C(F)(F)F)c1. The van der Waals surface area contributed by atoms with Gasteiger partial charge in [0, 0.05) is 11.2 Å². The zero-order chi connectivity index (χ0) is 17.8. The van der Waals surface area contributed by atoms with Crippen LogP contribution >= 0.6 is 0 Å². The Labute approximate surface area is 141 Å². The summed E-state index contributed by atoms with van der Waals surface area (Å²) in [7, 11) is 0. The Balaban J connectivity index is 1.78. The van der Waals surface area contributed by atoms with Gasteiger partial charge in [0.2, 0.25) is 0 Å². The van der Waals surface area contributed by atoms with Crippen molar-refractivity contribution >= 4 is 11.4 Å². The molecule has 4 rings (SSSR count). The molecule has 0 spiro atoms. The molecule has 0 bridgehead atoms. The third-order valence-corrected chi connectivity index (χ3v) is 4.32.